The van der Waals surface area contributed by atoms with Crippen LogP contribution in [-0.4, -0.2) is 25.0 Å². The van der Waals surface area contributed by atoms with E-state index in [2.05, 4.69) is 20.9 Å². The number of carbonyl (C=O) groups is 1. The first kappa shape index (κ1) is 17.8. The Morgan fingerprint density at radius 3 is 2.46 bits per heavy atom. The largest absolute Gasteiger partial charge is 0.495 e. The molecule has 0 saturated carbocycles. The van der Waals surface area contributed by atoms with E-state index in [-0.39, 0.29) is 11.4 Å². The molecule has 0 aliphatic rings. The maximum Gasteiger partial charge on any atom is 0.205 e. The van der Waals surface area contributed by atoms with Crippen LogP contribution in [0.5, 0.6) is 11.5 Å². The number of benzene rings is 2. The van der Waals surface area contributed by atoms with Gasteiger partial charge in [0, 0.05) is 22.7 Å². The summed E-state index contributed by atoms with van der Waals surface area (Å²) in [4.78, 5) is 15.9. The molecule has 0 radical (unpaired) electrons. The Balaban J connectivity index is 2.06. The van der Waals surface area contributed by atoms with Crippen LogP contribution in [0.15, 0.2) is 52.6 Å². The summed E-state index contributed by atoms with van der Waals surface area (Å²) in [7, 11) is 3.07. The van der Waals surface area contributed by atoms with Crippen LogP contribution in [0.4, 0.5) is 0 Å². The van der Waals surface area contributed by atoms with Crippen LogP contribution < -0.4 is 9.47 Å². The lowest BCUT2D eigenvalue weighted by Gasteiger charge is -2.10. The van der Waals surface area contributed by atoms with E-state index in [0.717, 1.165) is 10.9 Å². The van der Waals surface area contributed by atoms with E-state index in [1.165, 1.54) is 20.3 Å². The molecule has 26 heavy (non-hydrogen) atoms. The number of aromatic amines is 1. The van der Waals surface area contributed by atoms with Crippen molar-refractivity contribution in [3.8, 4) is 17.6 Å². The third kappa shape index (κ3) is 3.22. The molecule has 3 aromatic rings. The van der Waals surface area contributed by atoms with Gasteiger partial charge >= 0.3 is 0 Å². The Morgan fingerprint density at radius 2 is 1.85 bits per heavy atom. The van der Waals surface area contributed by atoms with E-state index in [9.17, 15) is 10.1 Å². The minimum atomic E-state index is -0.342. The third-order valence-corrected chi connectivity index (χ3v) is 4.76. The quantitative estimate of drug-likeness (QED) is 0.374. The highest BCUT2D eigenvalue weighted by Crippen LogP contribution is 2.36. The molecule has 5 nitrogen and oxygen atoms in total. The number of fused-ring (bicyclic) bond motifs is 1. The number of Topliss-reactive ketones (excluding diaryl/α,β-unsaturated/α-hetero) is 1. The number of rotatable bonds is 5. The van der Waals surface area contributed by atoms with Gasteiger partial charge in [0.05, 0.1) is 14.2 Å². The molecule has 130 valence electrons. The first-order chi connectivity index (χ1) is 12.6. The highest BCUT2D eigenvalue weighted by molar-refractivity contribution is 9.10. The maximum absolute atomic E-state index is 12.8. The molecular formula is C20H15BrN2O3. The summed E-state index contributed by atoms with van der Waals surface area (Å²) >= 11 is 3.40. The van der Waals surface area contributed by atoms with Gasteiger partial charge in [-0.05, 0) is 45.8 Å². The zero-order valence-corrected chi connectivity index (χ0v) is 15.8. The van der Waals surface area contributed by atoms with Crippen LogP contribution in [-0.2, 0) is 0 Å². The normalized spacial score (nSPS) is 11.2. The van der Waals surface area contributed by atoms with E-state index < -0.39 is 0 Å². The number of ketones is 1. The van der Waals surface area contributed by atoms with Crippen molar-refractivity contribution in [1.29, 1.82) is 5.26 Å². The van der Waals surface area contributed by atoms with Crippen molar-refractivity contribution in [2.75, 3.05) is 14.2 Å². The average molecular weight is 411 g/mol. The van der Waals surface area contributed by atoms with E-state index in [4.69, 9.17) is 9.47 Å². The maximum atomic E-state index is 12.8. The van der Waals surface area contributed by atoms with E-state index in [0.29, 0.717) is 27.1 Å². The second-order valence-electron chi connectivity index (χ2n) is 5.49. The minimum absolute atomic E-state index is 0.0289. The molecule has 0 bridgehead atoms. The Labute approximate surface area is 159 Å². The Kier molecular flexibility index (Phi) is 5.10. The lowest BCUT2D eigenvalue weighted by atomic mass is 10.0. The first-order valence-electron chi connectivity index (χ1n) is 7.73. The van der Waals surface area contributed by atoms with E-state index in [1.807, 2.05) is 30.3 Å². The highest BCUT2D eigenvalue weighted by atomic mass is 79.9. The van der Waals surface area contributed by atoms with Gasteiger partial charge in [0.25, 0.3) is 0 Å². The van der Waals surface area contributed by atoms with Crippen molar-refractivity contribution in [1.82, 2.24) is 4.98 Å². The molecule has 0 atom stereocenters. The van der Waals surface area contributed by atoms with E-state index in [1.54, 1.807) is 18.3 Å². The molecule has 0 saturated heterocycles. The molecule has 0 fully saturated rings. The van der Waals surface area contributed by atoms with Crippen LogP contribution in [0.3, 0.4) is 0 Å². The Hall–Kier alpha value is -3.04. The van der Waals surface area contributed by atoms with Crippen molar-refractivity contribution in [2.24, 2.45) is 0 Å². The topological polar surface area (TPSA) is 75.1 Å². The molecule has 1 aromatic heterocycles. The number of para-hydroxylation sites is 1. The lowest BCUT2D eigenvalue weighted by Crippen LogP contribution is -2.01. The minimum Gasteiger partial charge on any atom is -0.495 e. The number of aromatic nitrogens is 1. The van der Waals surface area contributed by atoms with Crippen molar-refractivity contribution < 1.29 is 14.3 Å². The molecule has 0 amide bonds. The zero-order chi connectivity index (χ0) is 18.7. The van der Waals surface area contributed by atoms with Gasteiger partial charge in [0.1, 0.15) is 27.6 Å². The second kappa shape index (κ2) is 7.46. The first-order valence-corrected chi connectivity index (χ1v) is 8.52. The summed E-state index contributed by atoms with van der Waals surface area (Å²) in [6, 6.07) is 12.9. The molecule has 0 spiro atoms. The lowest BCUT2D eigenvalue weighted by molar-refractivity contribution is 0.104. The number of allylic oxidation sites excluding steroid dienone is 1. The molecule has 1 heterocycles. The monoisotopic (exact) mass is 410 g/mol. The zero-order valence-electron chi connectivity index (χ0n) is 14.2. The number of methoxy groups -OCH3 is 2. The average Bonchev–Trinajstić information content (AvgIpc) is 3.10. The molecular weight excluding hydrogens is 396 g/mol. The summed E-state index contributed by atoms with van der Waals surface area (Å²) < 4.78 is 11.3. The summed E-state index contributed by atoms with van der Waals surface area (Å²) in [5.41, 5.74) is 1.97. The number of hydrogen-bond acceptors (Lipinski definition) is 4. The van der Waals surface area contributed by atoms with Crippen molar-refractivity contribution >= 4 is 38.7 Å². The Morgan fingerprint density at radius 1 is 1.19 bits per heavy atom. The number of nitrogens with zero attached hydrogens (tertiary/aromatic N) is 1. The molecule has 0 unspecified atom stereocenters. The standard InChI is InChI=1S/C20H15BrN2O3/c1-25-17-8-12(9-18(26-2)19(17)21)7-13(10-22)20(24)15-11-23-16-6-4-3-5-14(15)16/h3-9,11,23H,1-2H3. The van der Waals surface area contributed by atoms with E-state index >= 15 is 0 Å². The van der Waals surface area contributed by atoms with Crippen molar-refractivity contribution in [3.63, 3.8) is 0 Å². The number of nitrogens with one attached hydrogen (secondary N) is 1. The number of nitriles is 1. The summed E-state index contributed by atoms with van der Waals surface area (Å²) in [6.45, 7) is 0. The van der Waals surface area contributed by atoms with Gasteiger partial charge in [0.15, 0.2) is 0 Å². The van der Waals surface area contributed by atoms with Crippen molar-refractivity contribution in [2.45, 2.75) is 0 Å². The number of halogens is 1. The molecule has 3 rings (SSSR count). The number of hydrogen-bond donors (Lipinski definition) is 1. The number of carbonyl (C=O) groups excluding carboxylic acids is 1. The molecule has 2 aromatic carbocycles. The fourth-order valence-electron chi connectivity index (χ4n) is 2.69. The SMILES string of the molecule is COc1cc(C=C(C#N)C(=O)c2c[nH]c3ccccc23)cc(OC)c1Br. The summed E-state index contributed by atoms with van der Waals surface area (Å²) in [6.07, 6.45) is 3.16. The van der Waals surface area contributed by atoms with Gasteiger partial charge in [-0.15, -0.1) is 0 Å². The molecule has 0 aliphatic carbocycles. The molecule has 0 aliphatic heterocycles. The van der Waals surface area contributed by atoms with Gasteiger partial charge in [-0.25, -0.2) is 0 Å². The van der Waals surface area contributed by atoms with Gasteiger partial charge < -0.3 is 14.5 Å². The fourth-order valence-corrected chi connectivity index (χ4v) is 3.25. The van der Waals surface area contributed by atoms with Crippen LogP contribution in [0.25, 0.3) is 17.0 Å². The third-order valence-electron chi connectivity index (χ3n) is 3.98. The van der Waals surface area contributed by atoms with Crippen molar-refractivity contribution in [3.05, 3.63) is 63.8 Å². The summed E-state index contributed by atoms with van der Waals surface area (Å²) in [5.74, 6) is 0.755. The van der Waals surface area contributed by atoms with Crippen LogP contribution >= 0.6 is 15.9 Å². The Bertz CT molecular complexity index is 1040. The second-order valence-corrected chi connectivity index (χ2v) is 6.28. The van der Waals surface area contributed by atoms with Crippen LogP contribution in [0.1, 0.15) is 15.9 Å². The van der Waals surface area contributed by atoms with Crippen LogP contribution in [0, 0.1) is 11.3 Å². The van der Waals surface area contributed by atoms with Gasteiger partial charge in [-0.3, -0.25) is 4.79 Å². The molecule has 1 N–H and O–H groups in total. The highest BCUT2D eigenvalue weighted by Gasteiger charge is 2.17. The van der Waals surface area contributed by atoms with Gasteiger partial charge in [0.2, 0.25) is 5.78 Å². The predicted molar refractivity (Wildman–Crippen MR) is 103 cm³/mol. The molecule has 6 heteroatoms. The predicted octanol–water partition coefficient (Wildman–Crippen LogP) is 4.74. The fraction of sp³-hybridized carbons (Fsp3) is 0.100. The number of H-pyrrole nitrogens is 1. The number of ether oxygens (including phenoxy) is 2. The summed E-state index contributed by atoms with van der Waals surface area (Å²) in [5, 5.41) is 10.3. The van der Waals surface area contributed by atoms with Gasteiger partial charge in [-0.2, -0.15) is 5.26 Å². The van der Waals surface area contributed by atoms with Crippen LogP contribution in [0.2, 0.25) is 0 Å². The smallest absolute Gasteiger partial charge is 0.205 e. The van der Waals surface area contributed by atoms with Gasteiger partial charge in [-0.1, -0.05) is 18.2 Å².